The lowest BCUT2D eigenvalue weighted by Gasteiger charge is -2.36. The van der Waals surface area contributed by atoms with E-state index in [0.717, 1.165) is 52.5 Å². The van der Waals surface area contributed by atoms with Crippen molar-refractivity contribution < 1.29 is 14.6 Å². The first-order valence-electron chi connectivity index (χ1n) is 8.28. The molecule has 2 unspecified atom stereocenters. The predicted molar refractivity (Wildman–Crippen MR) is 87.8 cm³/mol. The molecule has 0 heterocycles. The van der Waals surface area contributed by atoms with Gasteiger partial charge in [0.25, 0.3) is 0 Å². The van der Waals surface area contributed by atoms with Crippen molar-refractivity contribution in [2.24, 2.45) is 0 Å². The largest absolute Gasteiger partial charge is 0.394 e. The average Bonchev–Trinajstić information content (AvgIpc) is 2.46. The Morgan fingerprint density at radius 3 is 2.00 bits per heavy atom. The van der Waals surface area contributed by atoms with Gasteiger partial charge in [-0.25, -0.2) is 0 Å². The molecule has 0 aliphatic rings. The zero-order valence-electron chi connectivity index (χ0n) is 14.7. The topological polar surface area (TPSA) is 54.0 Å². The number of aliphatic hydroxyl groups is 1. The quantitative estimate of drug-likeness (QED) is 0.476. The molecule has 0 bridgehead atoms. The molecule has 5 nitrogen and oxygen atoms in total. The van der Waals surface area contributed by atoms with Crippen molar-refractivity contribution in [2.75, 3.05) is 52.7 Å². The third-order valence-electron chi connectivity index (χ3n) is 3.78. The Bertz CT molecular complexity index is 232. The van der Waals surface area contributed by atoms with Crippen molar-refractivity contribution in [1.82, 2.24) is 10.2 Å². The van der Waals surface area contributed by atoms with Crippen LogP contribution in [0.15, 0.2) is 0 Å². The highest BCUT2D eigenvalue weighted by molar-refractivity contribution is 4.87. The fourth-order valence-electron chi connectivity index (χ4n) is 2.61. The number of nitrogens with zero attached hydrogens (tertiary/aromatic N) is 1. The summed E-state index contributed by atoms with van der Waals surface area (Å²) in [5.74, 6) is 0. The van der Waals surface area contributed by atoms with E-state index in [1.165, 1.54) is 0 Å². The minimum Gasteiger partial charge on any atom is -0.394 e. The number of ether oxygens (including phenoxy) is 2. The number of hydrogen-bond acceptors (Lipinski definition) is 5. The molecule has 0 radical (unpaired) electrons. The Morgan fingerprint density at radius 1 is 1.10 bits per heavy atom. The van der Waals surface area contributed by atoms with Crippen LogP contribution in [0, 0.1) is 0 Å². The minimum atomic E-state index is -0.232. The molecule has 0 amide bonds. The molecule has 0 aliphatic carbocycles. The average molecular weight is 304 g/mol. The van der Waals surface area contributed by atoms with E-state index in [1.807, 2.05) is 13.8 Å². The molecule has 0 spiro atoms. The molecule has 128 valence electrons. The molecule has 0 saturated heterocycles. The summed E-state index contributed by atoms with van der Waals surface area (Å²) in [7, 11) is 0. The maximum absolute atomic E-state index is 9.64. The molecule has 2 atom stereocenters. The van der Waals surface area contributed by atoms with Gasteiger partial charge in [0, 0.05) is 37.9 Å². The second-order valence-corrected chi connectivity index (χ2v) is 5.73. The number of hydrogen-bond donors (Lipinski definition) is 2. The highest BCUT2D eigenvalue weighted by Crippen LogP contribution is 2.16. The summed E-state index contributed by atoms with van der Waals surface area (Å²) < 4.78 is 11.0. The summed E-state index contributed by atoms with van der Waals surface area (Å²) >= 11 is 0. The van der Waals surface area contributed by atoms with Crippen LogP contribution in [0.4, 0.5) is 0 Å². The van der Waals surface area contributed by atoms with Gasteiger partial charge in [0.1, 0.15) is 0 Å². The molecule has 0 saturated carbocycles. The van der Waals surface area contributed by atoms with Crippen molar-refractivity contribution in [3.05, 3.63) is 0 Å². The summed E-state index contributed by atoms with van der Waals surface area (Å²) in [6, 6.07) is 0.363. The molecular weight excluding hydrogens is 268 g/mol. The van der Waals surface area contributed by atoms with Gasteiger partial charge in [0.15, 0.2) is 0 Å². The van der Waals surface area contributed by atoms with Crippen LogP contribution in [-0.2, 0) is 9.47 Å². The summed E-state index contributed by atoms with van der Waals surface area (Å²) in [6.07, 6.45) is 0.898. The Hall–Kier alpha value is -0.200. The zero-order valence-corrected chi connectivity index (χ0v) is 14.7. The molecular formula is C16H36N2O3. The zero-order chi connectivity index (χ0) is 16.1. The highest BCUT2D eigenvalue weighted by Gasteiger charge is 2.27. The Kier molecular flexibility index (Phi) is 12.2. The van der Waals surface area contributed by atoms with Crippen molar-refractivity contribution in [2.45, 2.75) is 52.6 Å². The molecule has 0 aromatic rings. The number of likely N-dealkylation sites (N-methyl/N-ethyl adjacent to an activating group) is 1. The van der Waals surface area contributed by atoms with Gasteiger partial charge >= 0.3 is 0 Å². The summed E-state index contributed by atoms with van der Waals surface area (Å²) in [4.78, 5) is 2.39. The van der Waals surface area contributed by atoms with Crippen molar-refractivity contribution in [3.8, 4) is 0 Å². The fraction of sp³-hybridized carbons (Fsp3) is 1.00. The van der Waals surface area contributed by atoms with E-state index in [-0.39, 0.29) is 12.1 Å². The van der Waals surface area contributed by atoms with Crippen LogP contribution in [0.5, 0.6) is 0 Å². The predicted octanol–water partition coefficient (Wildman–Crippen LogP) is 1.50. The number of rotatable bonds is 14. The lowest BCUT2D eigenvalue weighted by atomic mass is 9.93. The van der Waals surface area contributed by atoms with Gasteiger partial charge in [-0.15, -0.1) is 0 Å². The number of aliphatic hydroxyl groups excluding tert-OH is 1. The third kappa shape index (κ3) is 9.42. The lowest BCUT2D eigenvalue weighted by molar-refractivity contribution is 0.0511. The molecule has 5 heteroatoms. The maximum atomic E-state index is 9.64. The van der Waals surface area contributed by atoms with Crippen molar-refractivity contribution in [1.29, 1.82) is 0 Å². The van der Waals surface area contributed by atoms with Gasteiger partial charge < -0.3 is 19.9 Å². The summed E-state index contributed by atoms with van der Waals surface area (Å²) in [6.45, 7) is 16.2. The van der Waals surface area contributed by atoms with Gasteiger partial charge in [0.05, 0.1) is 19.8 Å². The van der Waals surface area contributed by atoms with E-state index in [0.29, 0.717) is 6.04 Å². The minimum absolute atomic E-state index is 0.149. The molecule has 0 aromatic heterocycles. The third-order valence-corrected chi connectivity index (χ3v) is 3.78. The lowest BCUT2D eigenvalue weighted by Crippen LogP contribution is -2.51. The normalized spacial score (nSPS) is 16.1. The first kappa shape index (κ1) is 20.8. The van der Waals surface area contributed by atoms with Crippen LogP contribution in [0.2, 0.25) is 0 Å². The van der Waals surface area contributed by atoms with E-state index in [4.69, 9.17) is 9.47 Å². The number of nitrogens with one attached hydrogen (secondary N) is 1. The van der Waals surface area contributed by atoms with Gasteiger partial charge in [0.2, 0.25) is 0 Å². The fourth-order valence-corrected chi connectivity index (χ4v) is 2.61. The van der Waals surface area contributed by atoms with Crippen LogP contribution in [-0.4, -0.2) is 74.3 Å². The second-order valence-electron chi connectivity index (χ2n) is 5.73. The molecule has 0 rings (SSSR count). The van der Waals surface area contributed by atoms with Crippen LogP contribution < -0.4 is 5.32 Å². The maximum Gasteiger partial charge on any atom is 0.0611 e. The molecule has 0 aromatic carbocycles. The van der Waals surface area contributed by atoms with E-state index in [2.05, 4.69) is 31.0 Å². The molecule has 2 N–H and O–H groups in total. The second kappa shape index (κ2) is 12.4. The van der Waals surface area contributed by atoms with E-state index in [1.54, 1.807) is 0 Å². The van der Waals surface area contributed by atoms with Gasteiger partial charge in [-0.2, -0.15) is 0 Å². The smallest absolute Gasteiger partial charge is 0.0611 e. The Balaban J connectivity index is 4.47. The van der Waals surface area contributed by atoms with Gasteiger partial charge in [-0.1, -0.05) is 6.92 Å². The monoisotopic (exact) mass is 304 g/mol. The van der Waals surface area contributed by atoms with Crippen LogP contribution in [0.3, 0.4) is 0 Å². The van der Waals surface area contributed by atoms with Gasteiger partial charge in [-0.05, 0) is 40.7 Å². The molecule has 21 heavy (non-hydrogen) atoms. The van der Waals surface area contributed by atoms with Crippen LogP contribution >= 0.6 is 0 Å². The van der Waals surface area contributed by atoms with Gasteiger partial charge in [-0.3, -0.25) is 4.90 Å². The summed E-state index contributed by atoms with van der Waals surface area (Å²) in [5.41, 5.74) is -0.232. The molecule has 0 aliphatic heterocycles. The summed E-state index contributed by atoms with van der Waals surface area (Å²) in [5, 5.41) is 13.0. The Labute approximate surface area is 131 Å². The van der Waals surface area contributed by atoms with E-state index >= 15 is 0 Å². The molecule has 0 fully saturated rings. The first-order chi connectivity index (χ1) is 10.0. The standard InChI is InChI=1S/C16H36N2O3/c1-6-17-16(5,14-19)13-15(4)18(9-11-20-7-2)10-12-21-8-3/h15,17,19H,6-14H2,1-5H3. The first-order valence-corrected chi connectivity index (χ1v) is 8.28. The SMILES string of the molecule is CCNC(C)(CO)CC(C)N(CCOCC)CCOCC. The van der Waals surface area contributed by atoms with Crippen LogP contribution in [0.1, 0.15) is 41.0 Å². The van der Waals surface area contributed by atoms with E-state index < -0.39 is 0 Å². The van der Waals surface area contributed by atoms with Crippen molar-refractivity contribution in [3.63, 3.8) is 0 Å². The van der Waals surface area contributed by atoms with Crippen molar-refractivity contribution >= 4 is 0 Å². The Morgan fingerprint density at radius 2 is 1.62 bits per heavy atom. The highest BCUT2D eigenvalue weighted by atomic mass is 16.5. The van der Waals surface area contributed by atoms with Crippen LogP contribution in [0.25, 0.3) is 0 Å². The van der Waals surface area contributed by atoms with E-state index in [9.17, 15) is 5.11 Å².